The maximum atomic E-state index is 4.58. The van der Waals surface area contributed by atoms with Crippen LogP contribution in [-0.2, 0) is 13.1 Å². The summed E-state index contributed by atoms with van der Waals surface area (Å²) in [5.74, 6) is 0. The molecule has 1 fully saturated rings. The molecule has 0 unspecified atom stereocenters. The van der Waals surface area contributed by atoms with Crippen LogP contribution in [0.5, 0.6) is 0 Å². The van der Waals surface area contributed by atoms with E-state index in [9.17, 15) is 0 Å². The largest absolute Gasteiger partial charge is 0.290 e. The zero-order valence-corrected chi connectivity index (χ0v) is 14.5. The quantitative estimate of drug-likeness (QED) is 0.702. The van der Waals surface area contributed by atoms with E-state index in [0.717, 1.165) is 19.6 Å². The van der Waals surface area contributed by atoms with Gasteiger partial charge in [0.1, 0.15) is 5.01 Å². The monoisotopic (exact) mass is 338 g/mol. The molecule has 1 saturated heterocycles. The summed E-state index contributed by atoms with van der Waals surface area (Å²) in [5, 5.41) is 7.70. The molecule has 4 rings (SSSR count). The summed E-state index contributed by atoms with van der Waals surface area (Å²) in [7, 11) is 0. The number of rotatable bonds is 5. The molecule has 0 radical (unpaired) electrons. The van der Waals surface area contributed by atoms with Crippen LogP contribution in [0, 0.1) is 0 Å². The Kier molecular flexibility index (Phi) is 4.71. The molecule has 0 spiro atoms. The number of thiazole rings is 1. The van der Waals surface area contributed by atoms with Crippen molar-refractivity contribution in [2.75, 3.05) is 6.54 Å². The molecular formula is C19H22N4S. The van der Waals surface area contributed by atoms with Crippen LogP contribution in [0.3, 0.4) is 0 Å². The summed E-state index contributed by atoms with van der Waals surface area (Å²) in [6, 6.07) is 11.2. The van der Waals surface area contributed by atoms with E-state index in [0.29, 0.717) is 6.04 Å². The lowest BCUT2D eigenvalue weighted by Crippen LogP contribution is -2.33. The number of nitrogens with zero attached hydrogens (tertiary/aromatic N) is 4. The van der Waals surface area contributed by atoms with Gasteiger partial charge in [0.25, 0.3) is 0 Å². The van der Waals surface area contributed by atoms with Crippen LogP contribution < -0.4 is 0 Å². The van der Waals surface area contributed by atoms with Crippen molar-refractivity contribution in [3.05, 3.63) is 70.4 Å². The first-order chi connectivity index (χ1) is 11.9. The first-order valence-electron chi connectivity index (χ1n) is 8.58. The van der Waals surface area contributed by atoms with Crippen molar-refractivity contribution in [1.29, 1.82) is 0 Å². The van der Waals surface area contributed by atoms with E-state index < -0.39 is 0 Å². The Morgan fingerprint density at radius 3 is 2.67 bits per heavy atom. The number of hydrogen-bond donors (Lipinski definition) is 0. The van der Waals surface area contributed by atoms with Gasteiger partial charge in [0.15, 0.2) is 0 Å². The molecule has 0 N–H and O–H groups in total. The van der Waals surface area contributed by atoms with Gasteiger partial charge in [0.2, 0.25) is 0 Å². The van der Waals surface area contributed by atoms with Gasteiger partial charge >= 0.3 is 0 Å². The van der Waals surface area contributed by atoms with Crippen LogP contribution in [0.4, 0.5) is 0 Å². The molecule has 2 aromatic heterocycles. The number of hydrogen-bond acceptors (Lipinski definition) is 4. The Labute approximate surface area is 146 Å². The molecule has 1 aliphatic rings. The molecule has 0 aliphatic carbocycles. The van der Waals surface area contributed by atoms with Gasteiger partial charge in [-0.15, -0.1) is 11.3 Å². The van der Waals surface area contributed by atoms with Gasteiger partial charge in [0.05, 0.1) is 12.6 Å². The van der Waals surface area contributed by atoms with Crippen molar-refractivity contribution in [3.8, 4) is 0 Å². The Morgan fingerprint density at radius 2 is 1.92 bits per heavy atom. The normalized spacial score (nSPS) is 18.8. The average Bonchev–Trinajstić information content (AvgIpc) is 3.31. The lowest BCUT2D eigenvalue weighted by atomic mass is 10.00. The van der Waals surface area contributed by atoms with Crippen LogP contribution in [-0.4, -0.2) is 26.2 Å². The highest BCUT2D eigenvalue weighted by Gasteiger charge is 2.26. The van der Waals surface area contributed by atoms with Crippen LogP contribution in [0.2, 0.25) is 0 Å². The maximum Gasteiger partial charge on any atom is 0.110 e. The fourth-order valence-electron chi connectivity index (χ4n) is 3.51. The smallest absolute Gasteiger partial charge is 0.110 e. The van der Waals surface area contributed by atoms with E-state index in [1.807, 2.05) is 29.3 Å². The summed E-state index contributed by atoms with van der Waals surface area (Å²) in [4.78, 5) is 7.18. The number of aromatic nitrogens is 3. The van der Waals surface area contributed by atoms with Gasteiger partial charge < -0.3 is 0 Å². The molecule has 0 saturated carbocycles. The third kappa shape index (κ3) is 3.42. The highest BCUT2D eigenvalue weighted by molar-refractivity contribution is 7.09. The Bertz CT molecular complexity index is 752. The van der Waals surface area contributed by atoms with Crippen LogP contribution in [0.1, 0.15) is 41.4 Å². The second-order valence-corrected chi connectivity index (χ2v) is 7.25. The van der Waals surface area contributed by atoms with Crippen LogP contribution >= 0.6 is 11.3 Å². The number of piperidine rings is 1. The third-order valence-electron chi connectivity index (χ3n) is 4.73. The molecule has 1 aromatic carbocycles. The van der Waals surface area contributed by atoms with E-state index in [4.69, 9.17) is 0 Å². The Hall–Kier alpha value is -1.98. The molecule has 124 valence electrons. The molecule has 3 heterocycles. The number of likely N-dealkylation sites (tertiary alicyclic amines) is 1. The van der Waals surface area contributed by atoms with Crippen molar-refractivity contribution < 1.29 is 0 Å². The van der Waals surface area contributed by atoms with Gasteiger partial charge in [-0.1, -0.05) is 30.7 Å². The van der Waals surface area contributed by atoms with Gasteiger partial charge in [-0.3, -0.25) is 9.58 Å². The molecule has 24 heavy (non-hydrogen) atoms. The SMILES string of the molecule is c1ccc(Cn2cccn2)c(CN2CCCC[C@H]2c2nccs2)c1. The predicted octanol–water partition coefficient (Wildman–Crippen LogP) is 4.12. The topological polar surface area (TPSA) is 34.0 Å². The minimum atomic E-state index is 0.469. The van der Waals surface area contributed by atoms with E-state index in [1.54, 1.807) is 11.3 Å². The van der Waals surface area contributed by atoms with Crippen molar-refractivity contribution in [3.63, 3.8) is 0 Å². The van der Waals surface area contributed by atoms with E-state index in [1.165, 1.54) is 35.4 Å². The van der Waals surface area contributed by atoms with Crippen LogP contribution in [0.15, 0.2) is 54.3 Å². The summed E-state index contributed by atoms with van der Waals surface area (Å²) >= 11 is 1.78. The van der Waals surface area contributed by atoms with E-state index in [2.05, 4.69) is 44.6 Å². The molecular weight excluding hydrogens is 316 g/mol. The molecule has 1 atom stereocenters. The highest BCUT2D eigenvalue weighted by atomic mass is 32.1. The highest BCUT2D eigenvalue weighted by Crippen LogP contribution is 2.33. The molecule has 3 aromatic rings. The van der Waals surface area contributed by atoms with E-state index in [-0.39, 0.29) is 0 Å². The zero-order chi connectivity index (χ0) is 16.2. The number of benzene rings is 1. The minimum absolute atomic E-state index is 0.469. The molecule has 5 heteroatoms. The summed E-state index contributed by atoms with van der Waals surface area (Å²) in [6.07, 6.45) is 9.59. The van der Waals surface area contributed by atoms with Gasteiger partial charge in [-0.05, 0) is 36.6 Å². The fourth-order valence-corrected chi connectivity index (χ4v) is 4.32. The fraction of sp³-hybridized carbons (Fsp3) is 0.368. The molecule has 4 nitrogen and oxygen atoms in total. The third-order valence-corrected chi connectivity index (χ3v) is 5.61. The van der Waals surface area contributed by atoms with Gasteiger partial charge in [-0.2, -0.15) is 5.10 Å². The molecule has 0 amide bonds. The zero-order valence-electron chi connectivity index (χ0n) is 13.7. The second-order valence-electron chi connectivity index (χ2n) is 6.32. The Morgan fingerprint density at radius 1 is 1.04 bits per heavy atom. The average molecular weight is 338 g/mol. The predicted molar refractivity (Wildman–Crippen MR) is 96.9 cm³/mol. The standard InChI is InChI=1S/C19H22N4S/c1-2-7-17(15-23-12-5-9-21-23)16(6-1)14-22-11-4-3-8-18(22)19-20-10-13-24-19/h1-2,5-7,9-10,12-13,18H,3-4,8,11,14-15H2/t18-/m0/s1. The van der Waals surface area contributed by atoms with Crippen molar-refractivity contribution >= 4 is 11.3 Å². The molecule has 1 aliphatic heterocycles. The molecule has 0 bridgehead atoms. The second kappa shape index (κ2) is 7.28. The first kappa shape index (κ1) is 15.5. The lowest BCUT2D eigenvalue weighted by molar-refractivity contribution is 0.140. The minimum Gasteiger partial charge on any atom is -0.290 e. The summed E-state index contributed by atoms with van der Waals surface area (Å²) < 4.78 is 1.99. The van der Waals surface area contributed by atoms with Crippen molar-refractivity contribution in [1.82, 2.24) is 19.7 Å². The lowest BCUT2D eigenvalue weighted by Gasteiger charge is -2.35. The van der Waals surface area contributed by atoms with Gasteiger partial charge in [0, 0.05) is 30.5 Å². The van der Waals surface area contributed by atoms with Gasteiger partial charge in [-0.25, -0.2) is 4.98 Å². The van der Waals surface area contributed by atoms with Crippen molar-refractivity contribution in [2.24, 2.45) is 0 Å². The Balaban J connectivity index is 1.55. The van der Waals surface area contributed by atoms with Crippen molar-refractivity contribution in [2.45, 2.75) is 38.4 Å². The van der Waals surface area contributed by atoms with E-state index >= 15 is 0 Å². The summed E-state index contributed by atoms with van der Waals surface area (Å²) in [6.45, 7) is 2.97. The van der Waals surface area contributed by atoms with Crippen LogP contribution in [0.25, 0.3) is 0 Å². The maximum absolute atomic E-state index is 4.58. The first-order valence-corrected chi connectivity index (χ1v) is 9.46. The summed E-state index contributed by atoms with van der Waals surface area (Å²) in [5.41, 5.74) is 2.75.